The molecule has 1 aliphatic carbocycles. The summed E-state index contributed by atoms with van der Waals surface area (Å²) in [6, 6.07) is 6.71. The van der Waals surface area contributed by atoms with Crippen LogP contribution in [0.5, 0.6) is 0 Å². The molecule has 3 aliphatic rings. The lowest BCUT2D eigenvalue weighted by atomic mass is 9.86. The first-order valence-electron chi connectivity index (χ1n) is 12.7. The third kappa shape index (κ3) is 3.77. The third-order valence-electron chi connectivity index (χ3n) is 7.98. The van der Waals surface area contributed by atoms with Gasteiger partial charge in [-0.3, -0.25) is 14.8 Å². The molecule has 0 radical (unpaired) electrons. The highest BCUT2D eigenvalue weighted by molar-refractivity contribution is 7.19. The summed E-state index contributed by atoms with van der Waals surface area (Å²) in [6.45, 7) is 4.23. The Kier molecular flexibility index (Phi) is 5.20. The molecule has 0 unspecified atom stereocenters. The molecule has 35 heavy (non-hydrogen) atoms. The van der Waals surface area contributed by atoms with Gasteiger partial charge in [0.1, 0.15) is 17.0 Å². The van der Waals surface area contributed by atoms with E-state index < -0.39 is 0 Å². The topological polar surface area (TPSA) is 90.0 Å². The summed E-state index contributed by atoms with van der Waals surface area (Å²) >= 11 is 1.73. The summed E-state index contributed by atoms with van der Waals surface area (Å²) in [5.74, 6) is 1.28. The highest BCUT2D eigenvalue weighted by atomic mass is 32.1. The number of amides is 1. The Morgan fingerprint density at radius 1 is 1.14 bits per heavy atom. The molecule has 9 heteroatoms. The predicted molar refractivity (Wildman–Crippen MR) is 138 cm³/mol. The predicted octanol–water partition coefficient (Wildman–Crippen LogP) is 4.11. The maximum atomic E-state index is 13.3. The molecule has 2 fully saturated rings. The van der Waals surface area contributed by atoms with Crippen molar-refractivity contribution in [3.05, 3.63) is 41.2 Å². The summed E-state index contributed by atoms with van der Waals surface area (Å²) in [5.41, 5.74) is 3.30. The van der Waals surface area contributed by atoms with Gasteiger partial charge >= 0.3 is 0 Å². The number of carbonyl (C=O) groups is 1. The van der Waals surface area contributed by atoms with Crippen molar-refractivity contribution in [1.29, 1.82) is 0 Å². The summed E-state index contributed by atoms with van der Waals surface area (Å²) in [4.78, 5) is 29.4. The van der Waals surface area contributed by atoms with E-state index in [-0.39, 0.29) is 5.92 Å². The van der Waals surface area contributed by atoms with Crippen LogP contribution in [-0.2, 0) is 17.6 Å². The number of aryl methyl sites for hydroxylation is 1. The molecule has 2 aliphatic heterocycles. The summed E-state index contributed by atoms with van der Waals surface area (Å²) in [6.07, 6.45) is 10.0. The molecule has 3 aromatic heterocycles. The van der Waals surface area contributed by atoms with Crippen molar-refractivity contribution in [3.63, 3.8) is 0 Å². The fraction of sp³-hybridized carbons (Fsp3) is 0.462. The second-order valence-electron chi connectivity index (χ2n) is 10.1. The largest absolute Gasteiger partial charge is 0.340 e. The van der Waals surface area contributed by atoms with Crippen LogP contribution in [0.15, 0.2) is 30.7 Å². The van der Waals surface area contributed by atoms with E-state index in [1.54, 1.807) is 17.7 Å². The van der Waals surface area contributed by atoms with E-state index in [1.165, 1.54) is 42.8 Å². The number of rotatable bonds is 4. The Labute approximate surface area is 207 Å². The zero-order valence-corrected chi connectivity index (χ0v) is 20.5. The Bertz CT molecular complexity index is 1400. The second kappa shape index (κ2) is 8.57. The van der Waals surface area contributed by atoms with Crippen LogP contribution in [-0.4, -0.2) is 68.1 Å². The van der Waals surface area contributed by atoms with Crippen molar-refractivity contribution in [3.8, 4) is 0 Å². The zero-order valence-electron chi connectivity index (χ0n) is 19.7. The lowest BCUT2D eigenvalue weighted by molar-refractivity contribution is -0.143. The minimum Gasteiger partial charge on any atom is -0.340 e. The number of thiophene rings is 1. The van der Waals surface area contributed by atoms with Gasteiger partial charge in [-0.15, -0.1) is 11.3 Å². The van der Waals surface area contributed by atoms with E-state index in [0.29, 0.717) is 11.9 Å². The molecule has 5 heterocycles. The lowest BCUT2D eigenvalue weighted by Gasteiger charge is -2.47. The molecular weight excluding hydrogens is 458 g/mol. The number of likely N-dealkylation sites (tertiary alicyclic amines) is 2. The van der Waals surface area contributed by atoms with Crippen LogP contribution in [0.4, 0.5) is 11.5 Å². The van der Waals surface area contributed by atoms with Gasteiger partial charge in [0.05, 0.1) is 17.1 Å². The van der Waals surface area contributed by atoms with Gasteiger partial charge in [-0.05, 0) is 69.0 Å². The SMILES string of the molecule is O=C([C@H]1CCc2c(sc3ncnc(Nc4ccc5[nH]ncc5c4)c23)C1)N1CC(N2CCCCC2)C1. The summed E-state index contributed by atoms with van der Waals surface area (Å²) < 4.78 is 0. The second-order valence-corrected chi connectivity index (χ2v) is 11.2. The Morgan fingerprint density at radius 3 is 2.91 bits per heavy atom. The number of carbonyl (C=O) groups excluding carboxylic acids is 1. The van der Waals surface area contributed by atoms with Gasteiger partial charge in [0.25, 0.3) is 0 Å². The third-order valence-corrected chi connectivity index (χ3v) is 9.14. The highest BCUT2D eigenvalue weighted by Crippen LogP contribution is 2.41. The first-order chi connectivity index (χ1) is 17.2. The van der Waals surface area contributed by atoms with Crippen molar-refractivity contribution in [2.45, 2.75) is 44.6 Å². The molecular formula is C26H29N7OS. The monoisotopic (exact) mass is 487 g/mol. The number of aromatic amines is 1. The molecule has 2 saturated heterocycles. The maximum Gasteiger partial charge on any atom is 0.226 e. The van der Waals surface area contributed by atoms with Gasteiger partial charge < -0.3 is 10.2 Å². The number of benzene rings is 1. The van der Waals surface area contributed by atoms with Crippen molar-refractivity contribution in [2.75, 3.05) is 31.5 Å². The van der Waals surface area contributed by atoms with Crippen molar-refractivity contribution in [1.82, 2.24) is 30.0 Å². The van der Waals surface area contributed by atoms with Gasteiger partial charge in [0.15, 0.2) is 0 Å². The number of aromatic nitrogens is 4. The molecule has 4 aromatic rings. The summed E-state index contributed by atoms with van der Waals surface area (Å²) in [5, 5.41) is 12.8. The molecule has 7 rings (SSSR count). The smallest absolute Gasteiger partial charge is 0.226 e. The standard InChI is InChI=1S/C26H29N7OS/c34-26(33-13-19(14-33)32-8-2-1-3-9-32)16-4-6-20-22(11-16)35-25-23(20)24(27-15-28-25)30-18-5-7-21-17(10-18)12-29-31-21/h5,7,10,12,15-16,19H,1-4,6,8-9,11,13-14H2,(H,29,31)(H,27,28,30)/t16-/m0/s1. The molecule has 0 spiro atoms. The lowest BCUT2D eigenvalue weighted by Crippen LogP contribution is -2.63. The number of nitrogens with zero attached hydrogens (tertiary/aromatic N) is 5. The van der Waals surface area contributed by atoms with Crippen LogP contribution in [0.25, 0.3) is 21.1 Å². The molecule has 8 nitrogen and oxygen atoms in total. The molecule has 1 amide bonds. The number of nitrogens with one attached hydrogen (secondary N) is 2. The zero-order chi connectivity index (χ0) is 23.4. The number of anilines is 2. The average molecular weight is 488 g/mol. The van der Waals surface area contributed by atoms with Gasteiger partial charge in [-0.2, -0.15) is 5.10 Å². The minimum absolute atomic E-state index is 0.0886. The number of piperidine rings is 1. The van der Waals surface area contributed by atoms with Crippen LogP contribution < -0.4 is 5.32 Å². The maximum absolute atomic E-state index is 13.3. The number of hydrogen-bond acceptors (Lipinski definition) is 7. The first kappa shape index (κ1) is 21.3. The van der Waals surface area contributed by atoms with Crippen LogP contribution in [0.2, 0.25) is 0 Å². The van der Waals surface area contributed by atoms with Crippen molar-refractivity contribution in [2.24, 2.45) is 5.92 Å². The van der Waals surface area contributed by atoms with Gasteiger partial charge in [-0.1, -0.05) is 6.42 Å². The molecule has 2 N–H and O–H groups in total. The van der Waals surface area contributed by atoms with Crippen LogP contribution >= 0.6 is 11.3 Å². The van der Waals surface area contributed by atoms with Crippen molar-refractivity contribution < 1.29 is 4.79 Å². The van der Waals surface area contributed by atoms with Crippen LogP contribution in [0, 0.1) is 5.92 Å². The van der Waals surface area contributed by atoms with E-state index in [4.69, 9.17) is 0 Å². The quantitative estimate of drug-likeness (QED) is 0.450. The molecule has 1 aromatic carbocycles. The van der Waals surface area contributed by atoms with Crippen molar-refractivity contribution >= 4 is 49.9 Å². The number of hydrogen-bond donors (Lipinski definition) is 2. The Balaban J connectivity index is 1.08. The highest BCUT2D eigenvalue weighted by Gasteiger charge is 2.39. The normalized spacial score (nSPS) is 21.3. The van der Waals surface area contributed by atoms with Gasteiger partial charge in [0, 0.05) is 41.0 Å². The Morgan fingerprint density at radius 2 is 2.03 bits per heavy atom. The van der Waals surface area contributed by atoms with E-state index in [9.17, 15) is 4.79 Å². The van der Waals surface area contributed by atoms with E-state index in [2.05, 4.69) is 41.3 Å². The Hall–Kier alpha value is -3.04. The van der Waals surface area contributed by atoms with E-state index in [0.717, 1.165) is 65.0 Å². The average Bonchev–Trinajstić information content (AvgIpc) is 3.47. The number of fused-ring (bicyclic) bond motifs is 4. The van der Waals surface area contributed by atoms with Gasteiger partial charge in [-0.25, -0.2) is 9.97 Å². The van der Waals surface area contributed by atoms with E-state index in [1.807, 2.05) is 18.3 Å². The number of H-pyrrole nitrogens is 1. The fourth-order valence-electron chi connectivity index (χ4n) is 5.98. The first-order valence-corrected chi connectivity index (χ1v) is 13.5. The minimum atomic E-state index is 0.0886. The van der Waals surface area contributed by atoms with Crippen LogP contribution in [0.1, 0.15) is 36.1 Å². The molecule has 180 valence electrons. The fourth-order valence-corrected chi connectivity index (χ4v) is 7.25. The van der Waals surface area contributed by atoms with E-state index >= 15 is 0 Å². The van der Waals surface area contributed by atoms with Crippen LogP contribution in [0.3, 0.4) is 0 Å². The summed E-state index contributed by atoms with van der Waals surface area (Å²) in [7, 11) is 0. The molecule has 0 bridgehead atoms. The van der Waals surface area contributed by atoms with Gasteiger partial charge in [0.2, 0.25) is 5.91 Å². The molecule has 1 atom stereocenters. The molecule has 0 saturated carbocycles.